The summed E-state index contributed by atoms with van der Waals surface area (Å²) in [5.74, 6) is -0.191. The zero-order chi connectivity index (χ0) is 15.9. The molecular weight excluding hydrogens is 258 g/mol. The summed E-state index contributed by atoms with van der Waals surface area (Å²) in [5, 5.41) is 2.87. The number of amides is 1. The van der Waals surface area contributed by atoms with Crippen LogP contribution < -0.4 is 5.32 Å². The molecule has 5 heteroatoms. The third kappa shape index (κ3) is 6.08. The Labute approximate surface area is 121 Å². The minimum absolute atomic E-state index is 0.0822. The van der Waals surface area contributed by atoms with Crippen molar-refractivity contribution >= 4 is 12.1 Å². The molecule has 0 heterocycles. The van der Waals surface area contributed by atoms with E-state index >= 15 is 0 Å². The van der Waals surface area contributed by atoms with E-state index in [1.54, 1.807) is 0 Å². The molecule has 0 saturated heterocycles. The second-order valence-electron chi connectivity index (χ2n) is 6.00. The van der Waals surface area contributed by atoms with Crippen LogP contribution in [0.3, 0.4) is 0 Å². The Balaban J connectivity index is 4.98. The van der Waals surface area contributed by atoms with Crippen LogP contribution in [0.5, 0.6) is 0 Å². The minimum Gasteiger partial charge on any atom is -0.469 e. The smallest absolute Gasteiger partial charge is 0.407 e. The Bertz CT molecular complexity index is 369. The third-order valence-corrected chi connectivity index (χ3v) is 3.43. The van der Waals surface area contributed by atoms with Crippen LogP contribution in [0.1, 0.15) is 41.0 Å². The molecular formula is C15H27NO4. The van der Waals surface area contributed by atoms with Gasteiger partial charge >= 0.3 is 12.1 Å². The zero-order valence-electron chi connectivity index (χ0n) is 13.6. The van der Waals surface area contributed by atoms with Crippen LogP contribution >= 0.6 is 0 Å². The predicted octanol–water partition coefficient (Wildman–Crippen LogP) is 2.90. The van der Waals surface area contributed by atoms with Crippen molar-refractivity contribution in [3.63, 3.8) is 0 Å². The van der Waals surface area contributed by atoms with Crippen LogP contribution in [0.25, 0.3) is 0 Å². The number of alkyl carbamates (subject to hydrolysis) is 1. The number of hydrogen-bond acceptors (Lipinski definition) is 4. The van der Waals surface area contributed by atoms with Gasteiger partial charge in [-0.05, 0) is 18.3 Å². The summed E-state index contributed by atoms with van der Waals surface area (Å²) in [6, 6.07) is -0.0937. The topological polar surface area (TPSA) is 64.6 Å². The fraction of sp³-hybridized carbons (Fsp3) is 0.733. The highest BCUT2D eigenvalue weighted by Crippen LogP contribution is 2.29. The molecule has 5 nitrogen and oxygen atoms in total. The van der Waals surface area contributed by atoms with Crippen LogP contribution in [0.2, 0.25) is 0 Å². The van der Waals surface area contributed by atoms with E-state index in [1.807, 2.05) is 19.9 Å². The van der Waals surface area contributed by atoms with Crippen LogP contribution in [-0.2, 0) is 14.3 Å². The largest absolute Gasteiger partial charge is 0.469 e. The van der Waals surface area contributed by atoms with Gasteiger partial charge in [-0.2, -0.15) is 0 Å². The Morgan fingerprint density at radius 3 is 2.15 bits per heavy atom. The van der Waals surface area contributed by atoms with E-state index in [-0.39, 0.29) is 29.8 Å². The van der Waals surface area contributed by atoms with Gasteiger partial charge in [0.2, 0.25) is 0 Å². The van der Waals surface area contributed by atoms with E-state index in [0.717, 1.165) is 5.57 Å². The van der Waals surface area contributed by atoms with E-state index in [4.69, 9.17) is 0 Å². The van der Waals surface area contributed by atoms with Crippen molar-refractivity contribution in [3.8, 4) is 0 Å². The fourth-order valence-electron chi connectivity index (χ4n) is 2.05. The first kappa shape index (κ1) is 18.5. The molecule has 0 rings (SSSR count). The molecule has 0 aromatic heterocycles. The van der Waals surface area contributed by atoms with Gasteiger partial charge in [0.25, 0.3) is 0 Å². The van der Waals surface area contributed by atoms with Gasteiger partial charge in [0.1, 0.15) is 0 Å². The van der Waals surface area contributed by atoms with Gasteiger partial charge in [-0.3, -0.25) is 4.79 Å². The maximum atomic E-state index is 11.5. The van der Waals surface area contributed by atoms with E-state index in [9.17, 15) is 9.59 Å². The van der Waals surface area contributed by atoms with Crippen molar-refractivity contribution < 1.29 is 19.1 Å². The molecule has 0 fully saturated rings. The molecule has 0 saturated carbocycles. The van der Waals surface area contributed by atoms with E-state index in [2.05, 4.69) is 35.6 Å². The van der Waals surface area contributed by atoms with E-state index < -0.39 is 6.09 Å². The number of methoxy groups -OCH3 is 2. The first-order valence-electron chi connectivity index (χ1n) is 6.71. The molecule has 0 bridgehead atoms. The highest BCUT2D eigenvalue weighted by atomic mass is 16.5. The Morgan fingerprint density at radius 2 is 1.75 bits per heavy atom. The second-order valence-corrected chi connectivity index (χ2v) is 6.00. The van der Waals surface area contributed by atoms with Crippen LogP contribution in [0.15, 0.2) is 11.6 Å². The van der Waals surface area contributed by atoms with Gasteiger partial charge in [0.15, 0.2) is 0 Å². The number of carbonyl (C=O) groups excluding carboxylic acids is 2. The maximum Gasteiger partial charge on any atom is 0.407 e. The van der Waals surface area contributed by atoms with Crippen molar-refractivity contribution in [3.05, 3.63) is 11.6 Å². The molecule has 1 N–H and O–H groups in total. The van der Waals surface area contributed by atoms with Crippen molar-refractivity contribution in [2.24, 2.45) is 11.3 Å². The minimum atomic E-state index is -0.447. The fourth-order valence-corrected chi connectivity index (χ4v) is 2.05. The molecule has 1 amide bonds. The number of nitrogens with one attached hydrogen (secondary N) is 1. The maximum absolute atomic E-state index is 11.5. The van der Waals surface area contributed by atoms with Crippen LogP contribution in [0, 0.1) is 11.3 Å². The average Bonchev–Trinajstić information content (AvgIpc) is 2.38. The number of carbonyl (C=O) groups is 2. The second kappa shape index (κ2) is 7.92. The summed E-state index contributed by atoms with van der Waals surface area (Å²) >= 11 is 0. The number of rotatable bonds is 5. The van der Waals surface area contributed by atoms with Gasteiger partial charge < -0.3 is 14.8 Å². The van der Waals surface area contributed by atoms with Crippen LogP contribution in [0.4, 0.5) is 4.79 Å². The monoisotopic (exact) mass is 285 g/mol. The highest BCUT2D eigenvalue weighted by molar-refractivity contribution is 5.71. The summed E-state index contributed by atoms with van der Waals surface area (Å²) in [5.41, 5.74) is 0.903. The molecule has 0 aromatic carbocycles. The molecule has 0 radical (unpaired) electrons. The lowest BCUT2D eigenvalue weighted by molar-refractivity contribution is -0.139. The SMILES string of the molecule is COC(=O)C/C=C(\C)[C@H](C)[C@@H](NC(=O)OC)C(C)(C)C. The van der Waals surface area contributed by atoms with Crippen molar-refractivity contribution in [2.45, 2.75) is 47.1 Å². The van der Waals surface area contributed by atoms with Gasteiger partial charge in [-0.1, -0.05) is 39.3 Å². The molecule has 20 heavy (non-hydrogen) atoms. The van der Waals surface area contributed by atoms with Crippen molar-refractivity contribution in [1.82, 2.24) is 5.32 Å². The van der Waals surface area contributed by atoms with Crippen molar-refractivity contribution in [1.29, 1.82) is 0 Å². The Morgan fingerprint density at radius 1 is 1.20 bits per heavy atom. The molecule has 2 atom stereocenters. The molecule has 0 unspecified atom stereocenters. The lowest BCUT2D eigenvalue weighted by atomic mass is 9.77. The van der Waals surface area contributed by atoms with Gasteiger partial charge in [-0.25, -0.2) is 4.79 Å². The summed E-state index contributed by atoms with van der Waals surface area (Å²) in [6.45, 7) is 10.1. The Kier molecular flexibility index (Phi) is 7.32. The highest BCUT2D eigenvalue weighted by Gasteiger charge is 2.32. The molecule has 116 valence electrons. The third-order valence-electron chi connectivity index (χ3n) is 3.43. The molecule has 0 aliphatic heterocycles. The summed E-state index contributed by atoms with van der Waals surface area (Å²) in [7, 11) is 2.71. The molecule has 0 aromatic rings. The number of esters is 1. The molecule has 0 spiro atoms. The zero-order valence-corrected chi connectivity index (χ0v) is 13.6. The van der Waals surface area contributed by atoms with Crippen LogP contribution in [-0.4, -0.2) is 32.3 Å². The average molecular weight is 285 g/mol. The lowest BCUT2D eigenvalue weighted by Crippen LogP contribution is -2.48. The summed E-state index contributed by atoms with van der Waals surface area (Å²) in [4.78, 5) is 22.7. The lowest BCUT2D eigenvalue weighted by Gasteiger charge is -2.36. The van der Waals surface area contributed by atoms with Crippen molar-refractivity contribution in [2.75, 3.05) is 14.2 Å². The van der Waals surface area contributed by atoms with Gasteiger partial charge in [-0.15, -0.1) is 0 Å². The van der Waals surface area contributed by atoms with E-state index in [1.165, 1.54) is 14.2 Å². The molecule has 0 aliphatic rings. The Hall–Kier alpha value is -1.52. The normalized spacial score (nSPS) is 15.2. The first-order valence-corrected chi connectivity index (χ1v) is 6.71. The van der Waals surface area contributed by atoms with Gasteiger partial charge in [0, 0.05) is 6.04 Å². The number of ether oxygens (including phenoxy) is 2. The van der Waals surface area contributed by atoms with E-state index in [0.29, 0.717) is 0 Å². The summed E-state index contributed by atoms with van der Waals surface area (Å²) in [6.07, 6.45) is 1.63. The molecule has 0 aliphatic carbocycles. The summed E-state index contributed by atoms with van der Waals surface area (Å²) < 4.78 is 9.29. The quantitative estimate of drug-likeness (QED) is 0.623. The standard InChI is InChI=1S/C15H27NO4/c1-10(8-9-12(17)19-6)11(2)13(15(3,4)5)16-14(18)20-7/h8,11,13H,9H2,1-7H3,(H,16,18)/b10-8+/t11-,13+/m0/s1. The van der Waals surface area contributed by atoms with Gasteiger partial charge in [0.05, 0.1) is 20.6 Å². The first-order chi connectivity index (χ1) is 9.13. The predicted molar refractivity (Wildman–Crippen MR) is 78.3 cm³/mol. The number of hydrogen-bond donors (Lipinski definition) is 1.